The normalized spacial score (nSPS) is 31.3. The van der Waals surface area contributed by atoms with Crippen molar-refractivity contribution in [2.24, 2.45) is 11.7 Å². The Morgan fingerprint density at radius 1 is 1.38 bits per heavy atom. The summed E-state index contributed by atoms with van der Waals surface area (Å²) in [6, 6.07) is 0. The molecule has 0 aromatic rings. The minimum absolute atomic E-state index is 0.0816. The Morgan fingerprint density at radius 2 is 1.94 bits per heavy atom. The molecule has 1 aliphatic heterocycles. The molecule has 96 valence electrons. The largest absolute Gasteiger partial charge is 0.383 e. The highest BCUT2D eigenvalue weighted by atomic mass is 16.5. The molecule has 2 unspecified atom stereocenters. The summed E-state index contributed by atoms with van der Waals surface area (Å²) >= 11 is 0. The van der Waals surface area contributed by atoms with Crippen molar-refractivity contribution in [3.8, 4) is 0 Å². The smallest absolute Gasteiger partial charge is 0.0681 e. The van der Waals surface area contributed by atoms with Crippen LogP contribution in [-0.2, 0) is 9.47 Å². The van der Waals surface area contributed by atoms with Gasteiger partial charge in [0.05, 0.1) is 17.8 Å². The molecule has 1 rings (SSSR count). The third-order valence-electron chi connectivity index (χ3n) is 3.84. The first-order chi connectivity index (χ1) is 7.17. The van der Waals surface area contributed by atoms with Crippen LogP contribution in [0.15, 0.2) is 0 Å². The molecule has 0 saturated carbocycles. The topological polar surface area (TPSA) is 44.5 Å². The fraction of sp³-hybridized carbons (Fsp3) is 1.00. The lowest BCUT2D eigenvalue weighted by Gasteiger charge is -2.40. The predicted molar refractivity (Wildman–Crippen MR) is 66.4 cm³/mol. The van der Waals surface area contributed by atoms with Crippen LogP contribution in [0.25, 0.3) is 0 Å². The second-order valence-corrected chi connectivity index (χ2v) is 6.24. The summed E-state index contributed by atoms with van der Waals surface area (Å²) in [4.78, 5) is 0. The predicted octanol–water partition coefficient (Wildman–Crippen LogP) is 2.33. The van der Waals surface area contributed by atoms with E-state index in [1.165, 1.54) is 0 Å². The van der Waals surface area contributed by atoms with Crippen molar-refractivity contribution in [2.45, 2.75) is 64.2 Å². The third-order valence-corrected chi connectivity index (χ3v) is 3.84. The van der Waals surface area contributed by atoms with Crippen LogP contribution in [0.2, 0.25) is 0 Å². The third kappa shape index (κ3) is 2.58. The molecule has 3 nitrogen and oxygen atoms in total. The van der Waals surface area contributed by atoms with Crippen molar-refractivity contribution >= 4 is 0 Å². The Kier molecular flexibility index (Phi) is 3.73. The number of rotatable bonds is 4. The number of nitrogens with two attached hydrogens (primary N) is 1. The highest BCUT2D eigenvalue weighted by Gasteiger charge is 2.53. The monoisotopic (exact) mass is 229 g/mol. The Labute approximate surface area is 99.7 Å². The van der Waals surface area contributed by atoms with E-state index in [0.717, 1.165) is 12.8 Å². The first-order valence-electron chi connectivity index (χ1n) is 6.15. The Bertz CT molecular complexity index is 250. The zero-order valence-corrected chi connectivity index (χ0v) is 11.6. The second-order valence-electron chi connectivity index (χ2n) is 6.24. The first kappa shape index (κ1) is 13.9. The fourth-order valence-electron chi connectivity index (χ4n) is 3.18. The lowest BCUT2D eigenvalue weighted by Crippen LogP contribution is -2.56. The van der Waals surface area contributed by atoms with E-state index in [0.29, 0.717) is 12.5 Å². The highest BCUT2D eigenvalue weighted by Crippen LogP contribution is 2.47. The molecule has 0 bridgehead atoms. The van der Waals surface area contributed by atoms with Gasteiger partial charge in [-0.3, -0.25) is 0 Å². The average Bonchev–Trinajstić information content (AvgIpc) is 2.35. The number of hydrogen-bond donors (Lipinski definition) is 1. The summed E-state index contributed by atoms with van der Waals surface area (Å²) in [6.45, 7) is 11.3. The van der Waals surface area contributed by atoms with E-state index < -0.39 is 0 Å². The number of hydrogen-bond acceptors (Lipinski definition) is 3. The van der Waals surface area contributed by atoms with Gasteiger partial charge in [0, 0.05) is 18.6 Å². The molecule has 3 heteroatoms. The van der Waals surface area contributed by atoms with Gasteiger partial charge in [0.1, 0.15) is 0 Å². The minimum Gasteiger partial charge on any atom is -0.383 e. The van der Waals surface area contributed by atoms with Gasteiger partial charge in [0.15, 0.2) is 0 Å². The van der Waals surface area contributed by atoms with E-state index >= 15 is 0 Å². The van der Waals surface area contributed by atoms with Gasteiger partial charge in [-0.1, -0.05) is 6.92 Å². The maximum atomic E-state index is 6.50. The van der Waals surface area contributed by atoms with Crippen molar-refractivity contribution < 1.29 is 9.47 Å². The van der Waals surface area contributed by atoms with Gasteiger partial charge in [-0.05, 0) is 40.5 Å². The lowest BCUT2D eigenvalue weighted by atomic mass is 9.72. The standard InChI is InChI=1S/C13H27NO2/c1-7-13(14,9-15-6)10-8-11(2,3)16-12(10,4)5/h10H,7-9,14H2,1-6H3. The zero-order valence-electron chi connectivity index (χ0n) is 11.6. The number of methoxy groups -OCH3 is 1. The summed E-state index contributed by atoms with van der Waals surface area (Å²) in [6.07, 6.45) is 1.90. The highest BCUT2D eigenvalue weighted by molar-refractivity contribution is 5.05. The molecule has 0 radical (unpaired) electrons. The number of ether oxygens (including phenoxy) is 2. The molecule has 1 fully saturated rings. The van der Waals surface area contributed by atoms with Gasteiger partial charge in [-0.25, -0.2) is 0 Å². The summed E-state index contributed by atoms with van der Waals surface area (Å²) in [7, 11) is 1.71. The van der Waals surface area contributed by atoms with Gasteiger partial charge in [-0.15, -0.1) is 0 Å². The molecular weight excluding hydrogens is 202 g/mol. The second kappa shape index (κ2) is 4.28. The molecule has 0 aromatic heterocycles. The maximum absolute atomic E-state index is 6.50. The van der Waals surface area contributed by atoms with Crippen LogP contribution in [-0.4, -0.2) is 30.5 Å². The SMILES string of the molecule is CCC(N)(COC)C1CC(C)(C)OC1(C)C. The molecular formula is C13H27NO2. The minimum atomic E-state index is -0.286. The van der Waals surface area contributed by atoms with Crippen LogP contribution in [0.1, 0.15) is 47.5 Å². The molecule has 1 saturated heterocycles. The van der Waals surface area contributed by atoms with Crippen LogP contribution >= 0.6 is 0 Å². The molecule has 2 atom stereocenters. The van der Waals surface area contributed by atoms with Gasteiger partial charge >= 0.3 is 0 Å². The van der Waals surface area contributed by atoms with Crippen LogP contribution < -0.4 is 5.73 Å². The van der Waals surface area contributed by atoms with Crippen molar-refractivity contribution in [3.05, 3.63) is 0 Å². The average molecular weight is 229 g/mol. The summed E-state index contributed by atoms with van der Waals surface area (Å²) in [5, 5.41) is 0. The summed E-state index contributed by atoms with van der Waals surface area (Å²) in [5.74, 6) is 0.333. The molecule has 0 aliphatic carbocycles. The van der Waals surface area contributed by atoms with Crippen LogP contribution in [0, 0.1) is 5.92 Å². The Balaban J connectivity index is 2.94. The van der Waals surface area contributed by atoms with Gasteiger partial charge < -0.3 is 15.2 Å². The molecule has 2 N–H and O–H groups in total. The zero-order chi connectivity index (χ0) is 12.6. The Hall–Kier alpha value is -0.120. The lowest BCUT2D eigenvalue weighted by molar-refractivity contribution is -0.0862. The van der Waals surface area contributed by atoms with E-state index in [1.807, 2.05) is 0 Å². The Morgan fingerprint density at radius 3 is 2.25 bits per heavy atom. The first-order valence-corrected chi connectivity index (χ1v) is 6.15. The van der Waals surface area contributed by atoms with Crippen molar-refractivity contribution in [2.75, 3.05) is 13.7 Å². The molecule has 0 spiro atoms. The van der Waals surface area contributed by atoms with E-state index in [1.54, 1.807) is 7.11 Å². The van der Waals surface area contributed by atoms with E-state index in [2.05, 4.69) is 34.6 Å². The van der Waals surface area contributed by atoms with Crippen molar-refractivity contribution in [1.82, 2.24) is 0 Å². The van der Waals surface area contributed by atoms with Crippen LogP contribution in [0.3, 0.4) is 0 Å². The van der Waals surface area contributed by atoms with Gasteiger partial charge in [-0.2, -0.15) is 0 Å². The summed E-state index contributed by atoms with van der Waals surface area (Å²) < 4.78 is 11.4. The van der Waals surface area contributed by atoms with Crippen molar-refractivity contribution in [1.29, 1.82) is 0 Å². The quantitative estimate of drug-likeness (QED) is 0.804. The summed E-state index contributed by atoms with van der Waals surface area (Å²) in [5.41, 5.74) is 5.96. The maximum Gasteiger partial charge on any atom is 0.0681 e. The van der Waals surface area contributed by atoms with E-state index in [4.69, 9.17) is 15.2 Å². The fourth-order valence-corrected chi connectivity index (χ4v) is 3.18. The van der Waals surface area contributed by atoms with E-state index in [-0.39, 0.29) is 16.7 Å². The van der Waals surface area contributed by atoms with Crippen LogP contribution in [0.4, 0.5) is 0 Å². The van der Waals surface area contributed by atoms with Gasteiger partial charge in [0.25, 0.3) is 0 Å². The van der Waals surface area contributed by atoms with Gasteiger partial charge in [0.2, 0.25) is 0 Å². The van der Waals surface area contributed by atoms with Crippen molar-refractivity contribution in [3.63, 3.8) is 0 Å². The van der Waals surface area contributed by atoms with Crippen LogP contribution in [0.5, 0.6) is 0 Å². The van der Waals surface area contributed by atoms with E-state index in [9.17, 15) is 0 Å². The molecule has 0 amide bonds. The molecule has 0 aromatic carbocycles. The molecule has 16 heavy (non-hydrogen) atoms. The molecule has 1 heterocycles. The molecule has 1 aliphatic rings.